The highest BCUT2D eigenvalue weighted by Crippen LogP contribution is 2.29. The predicted molar refractivity (Wildman–Crippen MR) is 71.7 cm³/mol. The summed E-state index contributed by atoms with van der Waals surface area (Å²) in [5.74, 6) is 0.640. The Morgan fingerprint density at radius 2 is 2.11 bits per heavy atom. The molecule has 2 atom stereocenters. The van der Waals surface area contributed by atoms with E-state index >= 15 is 0 Å². The summed E-state index contributed by atoms with van der Waals surface area (Å²) >= 11 is 0. The number of rotatable bonds is 2. The first kappa shape index (κ1) is 12.9. The molecule has 1 aromatic rings. The highest BCUT2D eigenvalue weighted by molar-refractivity contribution is 5.94. The molecule has 1 aliphatic heterocycles. The SMILES string of the molecule is Cc1ccc(NC(=O)C2CNCC2C)c(C)c1O. The number of phenolic OH excluding ortho intramolecular Hbond substituents is 1. The summed E-state index contributed by atoms with van der Waals surface area (Å²) in [6, 6.07) is 3.66. The lowest BCUT2D eigenvalue weighted by molar-refractivity contribution is -0.120. The Hall–Kier alpha value is -1.55. The molecule has 18 heavy (non-hydrogen) atoms. The highest BCUT2D eigenvalue weighted by Gasteiger charge is 2.29. The summed E-state index contributed by atoms with van der Waals surface area (Å²) in [5, 5.41) is 16.0. The van der Waals surface area contributed by atoms with Crippen LogP contribution in [0.1, 0.15) is 18.1 Å². The Bertz CT molecular complexity index is 471. The first-order chi connectivity index (χ1) is 8.50. The number of carbonyl (C=O) groups excluding carboxylic acids is 1. The molecule has 2 rings (SSSR count). The van der Waals surface area contributed by atoms with Gasteiger partial charge < -0.3 is 15.7 Å². The number of aromatic hydroxyl groups is 1. The molecule has 0 bridgehead atoms. The third-order valence-electron chi connectivity index (χ3n) is 3.74. The van der Waals surface area contributed by atoms with E-state index in [1.54, 1.807) is 0 Å². The molecule has 0 saturated carbocycles. The quantitative estimate of drug-likeness (QED) is 0.748. The molecule has 4 heteroatoms. The molecule has 98 valence electrons. The van der Waals surface area contributed by atoms with Crippen molar-refractivity contribution in [3.63, 3.8) is 0 Å². The lowest BCUT2D eigenvalue weighted by atomic mass is 9.97. The third kappa shape index (κ3) is 2.34. The Morgan fingerprint density at radius 3 is 2.72 bits per heavy atom. The number of hydrogen-bond acceptors (Lipinski definition) is 3. The number of phenols is 1. The van der Waals surface area contributed by atoms with Gasteiger partial charge in [0.25, 0.3) is 0 Å². The molecule has 1 amide bonds. The molecule has 4 nitrogen and oxygen atoms in total. The van der Waals surface area contributed by atoms with Crippen molar-refractivity contribution < 1.29 is 9.90 Å². The van der Waals surface area contributed by atoms with Crippen LogP contribution in [0.15, 0.2) is 12.1 Å². The molecule has 1 fully saturated rings. The van der Waals surface area contributed by atoms with E-state index in [1.165, 1.54) is 0 Å². The van der Waals surface area contributed by atoms with Crippen LogP contribution in [0.2, 0.25) is 0 Å². The van der Waals surface area contributed by atoms with Crippen molar-refractivity contribution in [1.82, 2.24) is 5.32 Å². The summed E-state index contributed by atoms with van der Waals surface area (Å²) in [6.07, 6.45) is 0. The van der Waals surface area contributed by atoms with Crippen molar-refractivity contribution in [2.24, 2.45) is 11.8 Å². The minimum absolute atomic E-state index is 0.00726. The van der Waals surface area contributed by atoms with Gasteiger partial charge in [-0.1, -0.05) is 13.0 Å². The van der Waals surface area contributed by atoms with Gasteiger partial charge in [0.15, 0.2) is 0 Å². The minimum Gasteiger partial charge on any atom is -0.507 e. The highest BCUT2D eigenvalue weighted by atomic mass is 16.3. The van der Waals surface area contributed by atoms with Crippen molar-refractivity contribution in [3.05, 3.63) is 23.3 Å². The van der Waals surface area contributed by atoms with Gasteiger partial charge in [-0.3, -0.25) is 4.79 Å². The van der Waals surface area contributed by atoms with E-state index in [0.29, 0.717) is 11.6 Å². The van der Waals surface area contributed by atoms with Gasteiger partial charge in [-0.2, -0.15) is 0 Å². The lowest BCUT2D eigenvalue weighted by Gasteiger charge is -2.16. The first-order valence-electron chi connectivity index (χ1n) is 6.31. The normalized spacial score (nSPS) is 23.1. The number of aryl methyl sites for hydroxylation is 1. The second-order valence-electron chi connectivity index (χ2n) is 5.13. The van der Waals surface area contributed by atoms with Crippen LogP contribution in [-0.4, -0.2) is 24.1 Å². The molecule has 1 saturated heterocycles. The number of hydrogen-bond donors (Lipinski definition) is 3. The summed E-state index contributed by atoms with van der Waals surface area (Å²) in [6.45, 7) is 7.34. The average Bonchev–Trinajstić information content (AvgIpc) is 2.76. The summed E-state index contributed by atoms with van der Waals surface area (Å²) in [7, 11) is 0. The number of amides is 1. The topological polar surface area (TPSA) is 61.4 Å². The average molecular weight is 248 g/mol. The molecule has 3 N–H and O–H groups in total. The standard InChI is InChI=1S/C14H20N2O2/c1-8-4-5-12(10(3)13(8)17)16-14(18)11-7-15-6-9(11)2/h4-5,9,11,15,17H,6-7H2,1-3H3,(H,16,18). The van der Waals surface area contributed by atoms with Gasteiger partial charge in [0.1, 0.15) is 5.75 Å². The molecule has 0 aliphatic carbocycles. The molecule has 1 aromatic carbocycles. The van der Waals surface area contributed by atoms with E-state index < -0.39 is 0 Å². The van der Waals surface area contributed by atoms with Crippen LogP contribution in [0, 0.1) is 25.7 Å². The van der Waals surface area contributed by atoms with E-state index in [4.69, 9.17) is 0 Å². The van der Waals surface area contributed by atoms with E-state index in [0.717, 1.165) is 24.2 Å². The van der Waals surface area contributed by atoms with Crippen LogP contribution < -0.4 is 10.6 Å². The molecular formula is C14H20N2O2. The fourth-order valence-electron chi connectivity index (χ4n) is 2.36. The van der Waals surface area contributed by atoms with Crippen molar-refractivity contribution in [2.75, 3.05) is 18.4 Å². The molecule has 2 unspecified atom stereocenters. The predicted octanol–water partition coefficient (Wildman–Crippen LogP) is 1.80. The largest absolute Gasteiger partial charge is 0.507 e. The number of benzene rings is 1. The fraction of sp³-hybridized carbons (Fsp3) is 0.500. The molecule has 1 aliphatic rings. The van der Waals surface area contributed by atoms with Gasteiger partial charge in [0.2, 0.25) is 5.91 Å². The summed E-state index contributed by atoms with van der Waals surface area (Å²) in [5.41, 5.74) is 2.24. The minimum atomic E-state index is 0.00726. The Balaban J connectivity index is 2.14. The van der Waals surface area contributed by atoms with Crippen LogP contribution in [-0.2, 0) is 4.79 Å². The summed E-state index contributed by atoms with van der Waals surface area (Å²) < 4.78 is 0. The fourth-order valence-corrected chi connectivity index (χ4v) is 2.36. The van der Waals surface area contributed by atoms with E-state index in [9.17, 15) is 9.90 Å². The Labute approximate surface area is 107 Å². The second-order valence-corrected chi connectivity index (χ2v) is 5.13. The van der Waals surface area contributed by atoms with Crippen LogP contribution in [0.5, 0.6) is 5.75 Å². The maximum atomic E-state index is 12.1. The van der Waals surface area contributed by atoms with Crippen LogP contribution >= 0.6 is 0 Å². The number of carbonyl (C=O) groups is 1. The zero-order valence-corrected chi connectivity index (χ0v) is 11.1. The van der Waals surface area contributed by atoms with E-state index in [2.05, 4.69) is 17.6 Å². The maximum absolute atomic E-state index is 12.1. The molecule has 0 spiro atoms. The van der Waals surface area contributed by atoms with Gasteiger partial charge in [-0.05, 0) is 37.9 Å². The summed E-state index contributed by atoms with van der Waals surface area (Å²) in [4.78, 5) is 12.1. The third-order valence-corrected chi connectivity index (χ3v) is 3.74. The van der Waals surface area contributed by atoms with Gasteiger partial charge in [0, 0.05) is 17.8 Å². The first-order valence-corrected chi connectivity index (χ1v) is 6.31. The molecule has 0 radical (unpaired) electrons. The molecule has 1 heterocycles. The van der Waals surface area contributed by atoms with Gasteiger partial charge >= 0.3 is 0 Å². The molecular weight excluding hydrogens is 228 g/mol. The smallest absolute Gasteiger partial charge is 0.229 e. The number of nitrogens with one attached hydrogen (secondary N) is 2. The van der Waals surface area contributed by atoms with Gasteiger partial charge in [-0.25, -0.2) is 0 Å². The second kappa shape index (κ2) is 4.98. The lowest BCUT2D eigenvalue weighted by Crippen LogP contribution is -2.28. The van der Waals surface area contributed by atoms with Crippen molar-refractivity contribution in [2.45, 2.75) is 20.8 Å². The Morgan fingerprint density at radius 1 is 1.39 bits per heavy atom. The van der Waals surface area contributed by atoms with Crippen molar-refractivity contribution in [1.29, 1.82) is 0 Å². The monoisotopic (exact) mass is 248 g/mol. The van der Waals surface area contributed by atoms with Crippen LogP contribution in [0.4, 0.5) is 5.69 Å². The Kier molecular flexibility index (Phi) is 3.57. The van der Waals surface area contributed by atoms with Crippen LogP contribution in [0.3, 0.4) is 0 Å². The van der Waals surface area contributed by atoms with Crippen LogP contribution in [0.25, 0.3) is 0 Å². The van der Waals surface area contributed by atoms with E-state index in [1.807, 2.05) is 26.0 Å². The zero-order chi connectivity index (χ0) is 13.3. The zero-order valence-electron chi connectivity index (χ0n) is 11.1. The maximum Gasteiger partial charge on any atom is 0.229 e. The van der Waals surface area contributed by atoms with Gasteiger partial charge in [-0.15, -0.1) is 0 Å². The molecule has 0 aromatic heterocycles. The number of anilines is 1. The van der Waals surface area contributed by atoms with E-state index in [-0.39, 0.29) is 17.6 Å². The van der Waals surface area contributed by atoms with Gasteiger partial charge in [0.05, 0.1) is 5.92 Å². The van der Waals surface area contributed by atoms with Crippen molar-refractivity contribution >= 4 is 11.6 Å². The van der Waals surface area contributed by atoms with Crippen molar-refractivity contribution in [3.8, 4) is 5.75 Å².